The molecule has 0 unspecified atom stereocenters. The van der Waals surface area contributed by atoms with E-state index in [1.165, 1.54) is 42.1 Å². The molecule has 11 heteroatoms. The number of esters is 3. The topological polar surface area (TPSA) is 160 Å². The van der Waals surface area contributed by atoms with Crippen molar-refractivity contribution in [2.24, 2.45) is 0 Å². The van der Waals surface area contributed by atoms with Gasteiger partial charge in [-0.3, -0.25) is 0 Å². The summed E-state index contributed by atoms with van der Waals surface area (Å²) in [4.78, 5) is 30.5. The van der Waals surface area contributed by atoms with Gasteiger partial charge in [0.05, 0.1) is 56.8 Å². The number of rotatable bonds is 4. The number of hydrogen-bond acceptors (Lipinski definition) is 10. The molecule has 0 aromatic rings. The maximum absolute atomic E-state index is 10.2. The molecule has 0 amide bonds. The van der Waals surface area contributed by atoms with E-state index in [9.17, 15) is 14.4 Å². The third-order valence-electron chi connectivity index (χ3n) is 1.81. The van der Waals surface area contributed by atoms with Gasteiger partial charge >= 0.3 is 17.9 Å². The summed E-state index contributed by atoms with van der Waals surface area (Å²) in [5, 5.41) is 33.1. The minimum atomic E-state index is -0.537. The van der Waals surface area contributed by atoms with Gasteiger partial charge in [-0.05, 0) is 27.2 Å². The van der Waals surface area contributed by atoms with Gasteiger partial charge < -0.3 is 34.6 Å². The summed E-state index contributed by atoms with van der Waals surface area (Å²) < 4.78 is 12.6. The molecule has 168 valence electrons. The fourth-order valence-corrected chi connectivity index (χ4v) is 0.688. The molecule has 10 nitrogen and oxygen atoms in total. The Labute approximate surface area is 186 Å². The van der Waals surface area contributed by atoms with E-state index in [0.717, 1.165) is 24.6 Å². The molecular formula is C18H32O10Ti. The second-order valence-corrected chi connectivity index (χ2v) is 4.65. The van der Waals surface area contributed by atoms with Gasteiger partial charge in [0.25, 0.3) is 0 Å². The molecule has 0 atom stereocenters. The third-order valence-corrected chi connectivity index (χ3v) is 1.81. The number of hydrogen-bond donors (Lipinski definition) is 4. The van der Waals surface area contributed by atoms with Crippen molar-refractivity contribution in [1.29, 1.82) is 0 Å². The molecule has 0 bridgehead atoms. The van der Waals surface area contributed by atoms with Gasteiger partial charge in [0.2, 0.25) is 0 Å². The number of aliphatic hydroxyl groups is 4. The normalized spacial score (nSPS) is 10.1. The number of ether oxygens (including phenoxy) is 3. The first-order chi connectivity index (χ1) is 12.9. The fraction of sp³-hybridized carbons (Fsp3) is 0.500. The molecule has 0 saturated carbocycles. The quantitative estimate of drug-likeness (QED) is 0.162. The van der Waals surface area contributed by atoms with Crippen LogP contribution >= 0.6 is 0 Å². The molecule has 0 radical (unpaired) electrons. The Morgan fingerprint density at radius 2 is 0.862 bits per heavy atom. The Bertz CT molecular complexity index is 439. The van der Waals surface area contributed by atoms with Gasteiger partial charge in [-0.2, -0.15) is 0 Å². The maximum atomic E-state index is 10.2. The Balaban J connectivity index is -0.0000000896. The van der Waals surface area contributed by atoms with E-state index >= 15 is 0 Å². The van der Waals surface area contributed by atoms with Crippen molar-refractivity contribution in [2.75, 3.05) is 27.9 Å². The maximum Gasteiger partial charge on any atom is 0.333 e. The smallest absolute Gasteiger partial charge is 0.333 e. The molecule has 0 rings (SSSR count). The standard InChI is InChI=1S/3C5H8O3.C3H8O.Ti/c3*1-4(6)3-5(7)8-2;1-2-3-4;/h3*3,6H,1-2H3;4H,2-3H2,1H3;. The van der Waals surface area contributed by atoms with E-state index in [1.54, 1.807) is 0 Å². The molecule has 0 aliphatic heterocycles. The van der Waals surface area contributed by atoms with E-state index in [1.807, 2.05) is 6.92 Å². The Morgan fingerprint density at radius 3 is 0.897 bits per heavy atom. The summed E-state index contributed by atoms with van der Waals surface area (Å²) in [6.45, 7) is 6.45. The molecule has 0 heterocycles. The number of methoxy groups -OCH3 is 3. The number of carbonyl (C=O) groups is 3. The van der Waals surface area contributed by atoms with E-state index in [-0.39, 0.29) is 39.0 Å². The minimum Gasteiger partial charge on any atom is -0.512 e. The second-order valence-electron chi connectivity index (χ2n) is 4.65. The van der Waals surface area contributed by atoms with E-state index < -0.39 is 17.9 Å². The Hall–Kier alpha value is -2.30. The van der Waals surface area contributed by atoms with Gasteiger partial charge in [-0.15, -0.1) is 0 Å². The predicted molar refractivity (Wildman–Crippen MR) is 103 cm³/mol. The molecule has 0 saturated heterocycles. The molecule has 0 aromatic heterocycles. The summed E-state index contributed by atoms with van der Waals surface area (Å²) in [6, 6.07) is 0. The van der Waals surface area contributed by atoms with Gasteiger partial charge in [-0.25, -0.2) is 14.4 Å². The van der Waals surface area contributed by atoms with Crippen LogP contribution in [0.3, 0.4) is 0 Å². The predicted octanol–water partition coefficient (Wildman–Crippen LogP) is 2.25. The van der Waals surface area contributed by atoms with Crippen LogP contribution in [-0.2, 0) is 50.3 Å². The molecule has 0 aliphatic rings. The third kappa shape index (κ3) is 51.8. The molecule has 0 fully saturated rings. The van der Waals surface area contributed by atoms with Crippen LogP contribution in [0.5, 0.6) is 0 Å². The van der Waals surface area contributed by atoms with Gasteiger partial charge in [-0.1, -0.05) is 6.92 Å². The van der Waals surface area contributed by atoms with E-state index in [0.29, 0.717) is 6.61 Å². The van der Waals surface area contributed by atoms with Crippen LogP contribution < -0.4 is 0 Å². The summed E-state index contributed by atoms with van der Waals surface area (Å²) in [6.07, 6.45) is 3.88. The summed E-state index contributed by atoms with van der Waals surface area (Å²) in [5.41, 5.74) is 0. The first kappa shape index (κ1) is 37.5. The van der Waals surface area contributed by atoms with Crippen LogP contribution in [0.15, 0.2) is 35.5 Å². The average molecular weight is 456 g/mol. The molecular weight excluding hydrogens is 424 g/mol. The van der Waals surface area contributed by atoms with Crippen LogP contribution in [-0.4, -0.2) is 66.3 Å². The Kier molecular flexibility index (Phi) is 36.1. The van der Waals surface area contributed by atoms with Crippen molar-refractivity contribution < 1.29 is 70.7 Å². The monoisotopic (exact) mass is 456 g/mol. The van der Waals surface area contributed by atoms with Gasteiger partial charge in [0, 0.05) is 28.3 Å². The largest absolute Gasteiger partial charge is 0.512 e. The SMILES string of the molecule is CCCO.COC(=O)C=C(C)O.COC(=O)C=C(C)O.COC(=O)C=C(C)O.[Ti]. The van der Waals surface area contributed by atoms with Crippen LogP contribution in [0.2, 0.25) is 0 Å². The molecule has 0 spiro atoms. The molecule has 29 heavy (non-hydrogen) atoms. The summed E-state index contributed by atoms with van der Waals surface area (Å²) in [5.74, 6) is -1.74. The van der Waals surface area contributed by atoms with Crippen molar-refractivity contribution in [2.45, 2.75) is 34.1 Å². The van der Waals surface area contributed by atoms with Crippen LogP contribution in [0.1, 0.15) is 34.1 Å². The first-order valence-electron chi connectivity index (χ1n) is 7.88. The van der Waals surface area contributed by atoms with Gasteiger partial charge in [0.1, 0.15) is 0 Å². The number of allylic oxidation sites excluding steroid dienone is 3. The zero-order valence-corrected chi connectivity index (χ0v) is 19.4. The van der Waals surface area contributed by atoms with Crippen LogP contribution in [0, 0.1) is 0 Å². The van der Waals surface area contributed by atoms with Crippen molar-refractivity contribution in [3.05, 3.63) is 35.5 Å². The summed E-state index contributed by atoms with van der Waals surface area (Å²) >= 11 is 0. The zero-order valence-electron chi connectivity index (χ0n) is 17.9. The van der Waals surface area contributed by atoms with E-state index in [4.69, 9.17) is 20.4 Å². The summed E-state index contributed by atoms with van der Waals surface area (Å²) in [7, 11) is 3.76. The number of aliphatic hydroxyl groups excluding tert-OH is 4. The second kappa shape index (κ2) is 27.9. The zero-order chi connectivity index (χ0) is 23.1. The molecule has 4 N–H and O–H groups in total. The van der Waals surface area contributed by atoms with Crippen molar-refractivity contribution in [3.8, 4) is 0 Å². The van der Waals surface area contributed by atoms with Crippen LogP contribution in [0.4, 0.5) is 0 Å². The van der Waals surface area contributed by atoms with Crippen molar-refractivity contribution >= 4 is 17.9 Å². The molecule has 0 aromatic carbocycles. The van der Waals surface area contributed by atoms with Gasteiger partial charge in [0.15, 0.2) is 0 Å². The minimum absolute atomic E-state index is 0. The van der Waals surface area contributed by atoms with Crippen molar-refractivity contribution in [1.82, 2.24) is 0 Å². The first-order valence-corrected chi connectivity index (χ1v) is 7.88. The Morgan fingerprint density at radius 1 is 0.690 bits per heavy atom. The van der Waals surface area contributed by atoms with Crippen LogP contribution in [0.25, 0.3) is 0 Å². The molecule has 0 aliphatic carbocycles. The fourth-order valence-electron chi connectivity index (χ4n) is 0.688. The number of carbonyl (C=O) groups excluding carboxylic acids is 3. The van der Waals surface area contributed by atoms with E-state index in [2.05, 4.69) is 14.2 Å². The van der Waals surface area contributed by atoms with Crippen molar-refractivity contribution in [3.63, 3.8) is 0 Å². The average Bonchev–Trinajstić information content (AvgIpc) is 2.61.